The average Bonchev–Trinajstić information content (AvgIpc) is 2.47. The smallest absolute Gasteiger partial charge is 0.272 e. The quantitative estimate of drug-likeness (QED) is 0.873. The molecule has 5 heteroatoms. The summed E-state index contributed by atoms with van der Waals surface area (Å²) in [7, 11) is 0. The standard InChI is InChI=1S/C15H18N4O/c1-3-16-14-9-8-13(18-19-14)15(20)17-10-12-7-5-4-6-11(12)2/h4-9H,3,10H2,1-2H3,(H,16,19)(H,17,20). The van der Waals surface area contributed by atoms with Gasteiger partial charge in [-0.25, -0.2) is 0 Å². The Morgan fingerprint density at radius 1 is 1.15 bits per heavy atom. The molecule has 2 rings (SSSR count). The summed E-state index contributed by atoms with van der Waals surface area (Å²) >= 11 is 0. The van der Waals surface area contributed by atoms with E-state index in [0.29, 0.717) is 18.1 Å². The summed E-state index contributed by atoms with van der Waals surface area (Å²) in [6.07, 6.45) is 0. The summed E-state index contributed by atoms with van der Waals surface area (Å²) in [5.41, 5.74) is 2.57. The predicted molar refractivity (Wildman–Crippen MR) is 78.5 cm³/mol. The molecule has 1 aromatic heterocycles. The molecule has 2 N–H and O–H groups in total. The number of aryl methyl sites for hydroxylation is 1. The normalized spacial score (nSPS) is 10.1. The van der Waals surface area contributed by atoms with Crippen LogP contribution < -0.4 is 10.6 Å². The van der Waals surface area contributed by atoms with Gasteiger partial charge in [-0.15, -0.1) is 10.2 Å². The van der Waals surface area contributed by atoms with Gasteiger partial charge in [-0.2, -0.15) is 0 Å². The maximum absolute atomic E-state index is 12.0. The van der Waals surface area contributed by atoms with E-state index >= 15 is 0 Å². The van der Waals surface area contributed by atoms with Gasteiger partial charge < -0.3 is 10.6 Å². The van der Waals surface area contributed by atoms with Crippen molar-refractivity contribution in [2.24, 2.45) is 0 Å². The first kappa shape index (κ1) is 14.0. The Hall–Kier alpha value is -2.43. The molecular weight excluding hydrogens is 252 g/mol. The minimum atomic E-state index is -0.219. The number of aromatic nitrogens is 2. The number of nitrogens with one attached hydrogen (secondary N) is 2. The highest BCUT2D eigenvalue weighted by atomic mass is 16.1. The Morgan fingerprint density at radius 2 is 1.95 bits per heavy atom. The van der Waals surface area contributed by atoms with Gasteiger partial charge in [0.25, 0.3) is 5.91 Å². The number of amides is 1. The minimum absolute atomic E-state index is 0.219. The highest BCUT2D eigenvalue weighted by Gasteiger charge is 2.08. The molecule has 0 unspecified atom stereocenters. The molecule has 2 aromatic rings. The second-order valence-corrected chi connectivity index (χ2v) is 4.44. The number of carbonyl (C=O) groups is 1. The van der Waals surface area contributed by atoms with E-state index in [0.717, 1.165) is 17.7 Å². The molecule has 0 saturated carbocycles. The molecule has 0 fully saturated rings. The third-order valence-corrected chi connectivity index (χ3v) is 2.96. The van der Waals surface area contributed by atoms with Crippen LogP contribution in [0.2, 0.25) is 0 Å². The number of carbonyl (C=O) groups excluding carboxylic acids is 1. The molecule has 0 spiro atoms. The molecule has 104 valence electrons. The third-order valence-electron chi connectivity index (χ3n) is 2.96. The SMILES string of the molecule is CCNc1ccc(C(=O)NCc2ccccc2C)nn1. The largest absolute Gasteiger partial charge is 0.369 e. The number of hydrogen-bond acceptors (Lipinski definition) is 4. The van der Waals surface area contributed by atoms with Crippen molar-refractivity contribution in [2.75, 3.05) is 11.9 Å². The predicted octanol–water partition coefficient (Wildman–Crippen LogP) is 2.15. The molecule has 0 aliphatic heterocycles. The van der Waals surface area contributed by atoms with Crippen LogP contribution in [-0.2, 0) is 6.54 Å². The van der Waals surface area contributed by atoms with Crippen LogP contribution in [0.5, 0.6) is 0 Å². The molecule has 0 aliphatic rings. The number of nitrogens with zero attached hydrogens (tertiary/aromatic N) is 2. The van der Waals surface area contributed by atoms with Gasteiger partial charge in [-0.3, -0.25) is 4.79 Å². The lowest BCUT2D eigenvalue weighted by molar-refractivity contribution is 0.0945. The highest BCUT2D eigenvalue weighted by Crippen LogP contribution is 2.07. The van der Waals surface area contributed by atoms with Crippen molar-refractivity contribution in [2.45, 2.75) is 20.4 Å². The van der Waals surface area contributed by atoms with Crippen molar-refractivity contribution in [3.63, 3.8) is 0 Å². The molecule has 0 bridgehead atoms. The van der Waals surface area contributed by atoms with E-state index < -0.39 is 0 Å². The Balaban J connectivity index is 1.96. The monoisotopic (exact) mass is 270 g/mol. The summed E-state index contributed by atoms with van der Waals surface area (Å²) in [4.78, 5) is 12.0. The number of anilines is 1. The maximum atomic E-state index is 12.0. The Kier molecular flexibility index (Phi) is 4.65. The minimum Gasteiger partial charge on any atom is -0.369 e. The van der Waals surface area contributed by atoms with E-state index in [4.69, 9.17) is 0 Å². The van der Waals surface area contributed by atoms with E-state index in [2.05, 4.69) is 20.8 Å². The summed E-state index contributed by atoms with van der Waals surface area (Å²) in [6, 6.07) is 11.4. The molecule has 1 heterocycles. The lowest BCUT2D eigenvalue weighted by Gasteiger charge is -2.07. The van der Waals surface area contributed by atoms with E-state index in [1.165, 1.54) is 0 Å². The molecule has 0 aliphatic carbocycles. The van der Waals surface area contributed by atoms with Crippen molar-refractivity contribution in [1.29, 1.82) is 0 Å². The van der Waals surface area contributed by atoms with Crippen LogP contribution >= 0.6 is 0 Å². The molecular formula is C15H18N4O. The molecule has 1 aromatic carbocycles. The van der Waals surface area contributed by atoms with E-state index in [1.54, 1.807) is 12.1 Å². The first-order valence-corrected chi connectivity index (χ1v) is 6.61. The third kappa shape index (κ3) is 3.54. The molecule has 0 atom stereocenters. The fourth-order valence-electron chi connectivity index (χ4n) is 1.80. The zero-order valence-electron chi connectivity index (χ0n) is 11.7. The van der Waals surface area contributed by atoms with Gasteiger partial charge in [0.1, 0.15) is 5.82 Å². The zero-order valence-corrected chi connectivity index (χ0v) is 11.7. The van der Waals surface area contributed by atoms with Gasteiger partial charge in [0, 0.05) is 13.1 Å². The summed E-state index contributed by atoms with van der Waals surface area (Å²) < 4.78 is 0. The van der Waals surface area contributed by atoms with Crippen molar-refractivity contribution >= 4 is 11.7 Å². The van der Waals surface area contributed by atoms with Crippen LogP contribution in [0.4, 0.5) is 5.82 Å². The Bertz CT molecular complexity index is 581. The fraction of sp³-hybridized carbons (Fsp3) is 0.267. The van der Waals surface area contributed by atoms with Crippen LogP contribution in [-0.4, -0.2) is 22.6 Å². The number of hydrogen-bond donors (Lipinski definition) is 2. The van der Waals surface area contributed by atoms with Gasteiger partial charge in [-0.05, 0) is 37.1 Å². The first-order valence-electron chi connectivity index (χ1n) is 6.61. The van der Waals surface area contributed by atoms with E-state index in [-0.39, 0.29) is 5.91 Å². The second kappa shape index (κ2) is 6.65. The second-order valence-electron chi connectivity index (χ2n) is 4.44. The average molecular weight is 270 g/mol. The molecule has 20 heavy (non-hydrogen) atoms. The molecule has 1 amide bonds. The highest BCUT2D eigenvalue weighted by molar-refractivity contribution is 5.92. The summed E-state index contributed by atoms with van der Waals surface area (Å²) in [6.45, 7) is 5.26. The maximum Gasteiger partial charge on any atom is 0.272 e. The summed E-state index contributed by atoms with van der Waals surface area (Å²) in [5.74, 6) is 0.451. The zero-order chi connectivity index (χ0) is 14.4. The van der Waals surface area contributed by atoms with Crippen LogP contribution in [0.25, 0.3) is 0 Å². The Labute approximate surface area is 118 Å². The molecule has 0 radical (unpaired) electrons. The number of rotatable bonds is 5. The van der Waals surface area contributed by atoms with Gasteiger partial charge in [0.15, 0.2) is 5.69 Å². The lowest BCUT2D eigenvalue weighted by atomic mass is 10.1. The first-order chi connectivity index (χ1) is 9.70. The summed E-state index contributed by atoms with van der Waals surface area (Å²) in [5, 5.41) is 13.7. The van der Waals surface area contributed by atoms with Crippen molar-refractivity contribution in [1.82, 2.24) is 15.5 Å². The topological polar surface area (TPSA) is 66.9 Å². The van der Waals surface area contributed by atoms with E-state index in [9.17, 15) is 4.79 Å². The molecule has 0 saturated heterocycles. The van der Waals surface area contributed by atoms with Gasteiger partial charge >= 0.3 is 0 Å². The van der Waals surface area contributed by atoms with Gasteiger partial charge in [0.2, 0.25) is 0 Å². The van der Waals surface area contributed by atoms with Crippen LogP contribution in [0.1, 0.15) is 28.5 Å². The van der Waals surface area contributed by atoms with Crippen LogP contribution in [0.15, 0.2) is 36.4 Å². The van der Waals surface area contributed by atoms with Gasteiger partial charge in [-0.1, -0.05) is 24.3 Å². The van der Waals surface area contributed by atoms with Gasteiger partial charge in [0.05, 0.1) is 0 Å². The van der Waals surface area contributed by atoms with Crippen molar-refractivity contribution in [3.05, 3.63) is 53.2 Å². The van der Waals surface area contributed by atoms with Crippen molar-refractivity contribution in [3.8, 4) is 0 Å². The van der Waals surface area contributed by atoms with E-state index in [1.807, 2.05) is 38.1 Å². The fourth-order valence-corrected chi connectivity index (χ4v) is 1.80. The number of benzene rings is 1. The van der Waals surface area contributed by atoms with Crippen molar-refractivity contribution < 1.29 is 4.79 Å². The Morgan fingerprint density at radius 3 is 2.60 bits per heavy atom. The van der Waals surface area contributed by atoms with Crippen LogP contribution in [0.3, 0.4) is 0 Å². The lowest BCUT2D eigenvalue weighted by Crippen LogP contribution is -2.24. The van der Waals surface area contributed by atoms with Crippen LogP contribution in [0, 0.1) is 6.92 Å². The molecule has 5 nitrogen and oxygen atoms in total.